The lowest BCUT2D eigenvalue weighted by Crippen LogP contribution is -2.40. The van der Waals surface area contributed by atoms with Crippen molar-refractivity contribution in [2.75, 3.05) is 0 Å². The minimum absolute atomic E-state index is 0.0995. The van der Waals surface area contributed by atoms with Crippen LogP contribution in [0.25, 0.3) is 0 Å². The van der Waals surface area contributed by atoms with Crippen molar-refractivity contribution < 1.29 is 4.79 Å². The Morgan fingerprint density at radius 3 is 2.81 bits per heavy atom. The lowest BCUT2D eigenvalue weighted by molar-refractivity contribution is -0.122. The van der Waals surface area contributed by atoms with E-state index < -0.39 is 6.04 Å². The van der Waals surface area contributed by atoms with E-state index in [2.05, 4.69) is 10.4 Å². The van der Waals surface area contributed by atoms with Gasteiger partial charge in [0.05, 0.1) is 12.2 Å². The molecule has 5 nitrogen and oxygen atoms in total. The Labute approximate surface area is 96.0 Å². The number of rotatable bonds is 5. The minimum Gasteiger partial charge on any atom is -0.351 e. The fraction of sp³-hybridized carbons (Fsp3) is 0.636. The SMILES string of the molecule is CC(C)C[C@H](N)C(=O)NCc1cnn(C)c1. The first-order valence-corrected chi connectivity index (χ1v) is 5.50. The molecule has 1 rings (SSSR count). The molecule has 0 radical (unpaired) electrons. The molecule has 0 saturated heterocycles. The highest BCUT2D eigenvalue weighted by Gasteiger charge is 2.14. The van der Waals surface area contributed by atoms with Gasteiger partial charge in [0.15, 0.2) is 0 Å². The third kappa shape index (κ3) is 4.02. The summed E-state index contributed by atoms with van der Waals surface area (Å²) >= 11 is 0. The van der Waals surface area contributed by atoms with E-state index in [1.165, 1.54) is 0 Å². The van der Waals surface area contributed by atoms with Gasteiger partial charge in [-0.3, -0.25) is 9.48 Å². The highest BCUT2D eigenvalue weighted by atomic mass is 16.2. The molecule has 90 valence electrons. The molecule has 1 aromatic heterocycles. The zero-order chi connectivity index (χ0) is 12.1. The number of hydrogen-bond acceptors (Lipinski definition) is 3. The van der Waals surface area contributed by atoms with Crippen LogP contribution in [0.3, 0.4) is 0 Å². The molecule has 3 N–H and O–H groups in total. The fourth-order valence-corrected chi connectivity index (χ4v) is 1.50. The van der Waals surface area contributed by atoms with Gasteiger partial charge < -0.3 is 11.1 Å². The Balaban J connectivity index is 2.35. The molecule has 1 atom stereocenters. The van der Waals surface area contributed by atoms with E-state index in [0.29, 0.717) is 18.9 Å². The second kappa shape index (κ2) is 5.65. The number of nitrogens with two attached hydrogens (primary N) is 1. The second-order valence-electron chi connectivity index (χ2n) is 4.48. The van der Waals surface area contributed by atoms with Gasteiger partial charge in [0.25, 0.3) is 0 Å². The van der Waals surface area contributed by atoms with Crippen LogP contribution in [0.15, 0.2) is 12.4 Å². The van der Waals surface area contributed by atoms with Crippen LogP contribution in [-0.4, -0.2) is 21.7 Å². The second-order valence-corrected chi connectivity index (χ2v) is 4.48. The summed E-state index contributed by atoms with van der Waals surface area (Å²) in [6.07, 6.45) is 4.31. The van der Waals surface area contributed by atoms with Crippen LogP contribution in [0, 0.1) is 5.92 Å². The predicted molar refractivity (Wildman–Crippen MR) is 62.5 cm³/mol. The quantitative estimate of drug-likeness (QED) is 0.761. The van der Waals surface area contributed by atoms with Crippen molar-refractivity contribution in [2.45, 2.75) is 32.9 Å². The highest BCUT2D eigenvalue weighted by molar-refractivity contribution is 5.81. The molecule has 0 aliphatic heterocycles. The summed E-state index contributed by atoms with van der Waals surface area (Å²) < 4.78 is 1.70. The van der Waals surface area contributed by atoms with Gasteiger partial charge in [-0.2, -0.15) is 5.10 Å². The number of aromatic nitrogens is 2. The molecule has 0 spiro atoms. The third-order valence-corrected chi connectivity index (χ3v) is 2.29. The van der Waals surface area contributed by atoms with E-state index in [9.17, 15) is 4.79 Å². The van der Waals surface area contributed by atoms with Gasteiger partial charge in [-0.05, 0) is 12.3 Å². The van der Waals surface area contributed by atoms with Crippen molar-refractivity contribution in [3.8, 4) is 0 Å². The van der Waals surface area contributed by atoms with Crippen molar-refractivity contribution in [2.24, 2.45) is 18.7 Å². The summed E-state index contributed by atoms with van der Waals surface area (Å²) in [5.41, 5.74) is 6.73. The van der Waals surface area contributed by atoms with E-state index in [4.69, 9.17) is 5.73 Å². The molecule has 16 heavy (non-hydrogen) atoms. The average Bonchev–Trinajstić information content (AvgIpc) is 2.59. The van der Waals surface area contributed by atoms with Crippen LogP contribution in [-0.2, 0) is 18.4 Å². The summed E-state index contributed by atoms with van der Waals surface area (Å²) in [4.78, 5) is 11.6. The van der Waals surface area contributed by atoms with E-state index in [-0.39, 0.29) is 5.91 Å². The van der Waals surface area contributed by atoms with Crippen molar-refractivity contribution in [3.63, 3.8) is 0 Å². The van der Waals surface area contributed by atoms with Gasteiger partial charge in [-0.1, -0.05) is 13.8 Å². The van der Waals surface area contributed by atoms with E-state index in [0.717, 1.165) is 5.56 Å². The molecule has 0 aromatic carbocycles. The standard InChI is InChI=1S/C11H20N4O/c1-8(2)4-10(12)11(16)13-5-9-6-14-15(3)7-9/h6-8,10H,4-5,12H2,1-3H3,(H,13,16)/t10-/m0/s1. The van der Waals surface area contributed by atoms with Crippen LogP contribution < -0.4 is 11.1 Å². The Kier molecular flexibility index (Phi) is 4.49. The Bertz CT molecular complexity index is 346. The number of hydrogen-bond donors (Lipinski definition) is 2. The van der Waals surface area contributed by atoms with Crippen LogP contribution in [0.2, 0.25) is 0 Å². The summed E-state index contributed by atoms with van der Waals surface area (Å²) in [6.45, 7) is 4.58. The lowest BCUT2D eigenvalue weighted by Gasteiger charge is -2.13. The zero-order valence-electron chi connectivity index (χ0n) is 10.1. The first-order chi connectivity index (χ1) is 7.49. The number of carbonyl (C=O) groups excluding carboxylic acids is 1. The summed E-state index contributed by atoms with van der Waals surface area (Å²) in [7, 11) is 1.84. The molecule has 0 aliphatic carbocycles. The topological polar surface area (TPSA) is 72.9 Å². The molecule has 0 bridgehead atoms. The van der Waals surface area contributed by atoms with Crippen molar-refractivity contribution >= 4 is 5.91 Å². The van der Waals surface area contributed by atoms with Gasteiger partial charge in [0.2, 0.25) is 5.91 Å². The first-order valence-electron chi connectivity index (χ1n) is 5.50. The molecule has 5 heteroatoms. The molecule has 0 saturated carbocycles. The molecule has 1 amide bonds. The number of carbonyl (C=O) groups is 1. The van der Waals surface area contributed by atoms with Crippen LogP contribution in [0.4, 0.5) is 0 Å². The maximum atomic E-state index is 11.6. The number of nitrogens with one attached hydrogen (secondary N) is 1. The van der Waals surface area contributed by atoms with Crippen LogP contribution >= 0.6 is 0 Å². The summed E-state index contributed by atoms with van der Waals surface area (Å²) in [5, 5.41) is 6.82. The molecule has 0 unspecified atom stereocenters. The number of aryl methyl sites for hydroxylation is 1. The van der Waals surface area contributed by atoms with E-state index in [1.54, 1.807) is 10.9 Å². The summed E-state index contributed by atoms with van der Waals surface area (Å²) in [6, 6.07) is -0.420. The monoisotopic (exact) mass is 224 g/mol. The number of nitrogens with zero attached hydrogens (tertiary/aromatic N) is 2. The van der Waals surface area contributed by atoms with Gasteiger partial charge >= 0.3 is 0 Å². The largest absolute Gasteiger partial charge is 0.351 e. The predicted octanol–water partition coefficient (Wildman–Crippen LogP) is 0.410. The van der Waals surface area contributed by atoms with E-state index in [1.807, 2.05) is 27.1 Å². The van der Waals surface area contributed by atoms with Crippen LogP contribution in [0.5, 0.6) is 0 Å². The van der Waals surface area contributed by atoms with Crippen molar-refractivity contribution in [3.05, 3.63) is 18.0 Å². The Hall–Kier alpha value is -1.36. The lowest BCUT2D eigenvalue weighted by atomic mass is 10.0. The minimum atomic E-state index is -0.420. The fourth-order valence-electron chi connectivity index (χ4n) is 1.50. The maximum absolute atomic E-state index is 11.6. The molecule has 1 heterocycles. The Morgan fingerprint density at radius 1 is 1.62 bits per heavy atom. The van der Waals surface area contributed by atoms with Gasteiger partial charge in [0.1, 0.15) is 0 Å². The Morgan fingerprint density at radius 2 is 2.31 bits per heavy atom. The van der Waals surface area contributed by atoms with Crippen molar-refractivity contribution in [1.29, 1.82) is 0 Å². The van der Waals surface area contributed by atoms with Gasteiger partial charge in [-0.25, -0.2) is 0 Å². The molecular weight excluding hydrogens is 204 g/mol. The van der Waals surface area contributed by atoms with Gasteiger partial charge in [0, 0.05) is 25.4 Å². The first kappa shape index (κ1) is 12.7. The third-order valence-electron chi connectivity index (χ3n) is 2.29. The molecule has 0 fully saturated rings. The normalized spacial score (nSPS) is 12.8. The zero-order valence-corrected chi connectivity index (χ0v) is 10.1. The van der Waals surface area contributed by atoms with Crippen LogP contribution in [0.1, 0.15) is 25.8 Å². The maximum Gasteiger partial charge on any atom is 0.237 e. The molecular formula is C11H20N4O. The van der Waals surface area contributed by atoms with Gasteiger partial charge in [-0.15, -0.1) is 0 Å². The van der Waals surface area contributed by atoms with Crippen molar-refractivity contribution in [1.82, 2.24) is 15.1 Å². The highest BCUT2D eigenvalue weighted by Crippen LogP contribution is 2.03. The molecule has 0 aliphatic rings. The molecule has 1 aromatic rings. The average molecular weight is 224 g/mol. The summed E-state index contributed by atoms with van der Waals surface area (Å²) in [5.74, 6) is 0.330. The number of amides is 1. The van der Waals surface area contributed by atoms with E-state index >= 15 is 0 Å². The smallest absolute Gasteiger partial charge is 0.237 e.